The lowest BCUT2D eigenvalue weighted by Gasteiger charge is -2.28. The first-order valence-corrected chi connectivity index (χ1v) is 12.2. The number of hydrogen-bond donors (Lipinski definition) is 1. The van der Waals surface area contributed by atoms with Crippen molar-refractivity contribution in [2.75, 3.05) is 26.7 Å². The van der Waals surface area contributed by atoms with Crippen LogP contribution in [0.15, 0.2) is 53.3 Å². The van der Waals surface area contributed by atoms with Crippen molar-refractivity contribution in [1.82, 2.24) is 24.4 Å². The van der Waals surface area contributed by atoms with Gasteiger partial charge in [0, 0.05) is 38.0 Å². The molecule has 3 heterocycles. The third-order valence-electron chi connectivity index (χ3n) is 6.77. The van der Waals surface area contributed by atoms with Gasteiger partial charge in [-0.25, -0.2) is 4.68 Å². The van der Waals surface area contributed by atoms with Crippen molar-refractivity contribution in [2.45, 2.75) is 39.3 Å². The van der Waals surface area contributed by atoms with Gasteiger partial charge < -0.3 is 10.1 Å². The molecule has 8 heteroatoms. The molecule has 0 aliphatic carbocycles. The quantitative estimate of drug-likeness (QED) is 0.398. The molecule has 35 heavy (non-hydrogen) atoms. The number of carbonyl (C=O) groups excluding carboxylic acids is 1. The summed E-state index contributed by atoms with van der Waals surface area (Å²) >= 11 is 0. The van der Waals surface area contributed by atoms with Gasteiger partial charge in [-0.15, -0.1) is 0 Å². The second-order valence-electron chi connectivity index (χ2n) is 8.99. The van der Waals surface area contributed by atoms with E-state index in [9.17, 15) is 9.59 Å². The first-order valence-electron chi connectivity index (χ1n) is 12.2. The van der Waals surface area contributed by atoms with Crippen molar-refractivity contribution in [3.05, 3.63) is 75.8 Å². The summed E-state index contributed by atoms with van der Waals surface area (Å²) in [7, 11) is 1.61. The molecule has 4 aromatic rings. The lowest BCUT2D eigenvalue weighted by Crippen LogP contribution is -2.37. The van der Waals surface area contributed by atoms with Crippen molar-refractivity contribution in [3.8, 4) is 5.75 Å². The molecule has 1 N–H and O–H groups in total. The van der Waals surface area contributed by atoms with E-state index in [-0.39, 0.29) is 18.0 Å². The number of nitrogens with one attached hydrogen (secondary N) is 1. The van der Waals surface area contributed by atoms with Crippen LogP contribution in [0.3, 0.4) is 0 Å². The molecule has 182 valence electrons. The molecule has 2 aromatic heterocycles. The largest absolute Gasteiger partial charge is 0.496 e. The lowest BCUT2D eigenvalue weighted by molar-refractivity contribution is -0.121. The topological polar surface area (TPSA) is 80.9 Å². The van der Waals surface area contributed by atoms with E-state index < -0.39 is 0 Å². The maximum absolute atomic E-state index is 13.2. The Bertz CT molecular complexity index is 1440. The number of aryl methyl sites for hydroxylation is 1. The number of methoxy groups -OCH3 is 1. The number of fused-ring (bicyclic) bond motifs is 4. The number of aromatic nitrogens is 3. The van der Waals surface area contributed by atoms with Crippen LogP contribution in [0.4, 0.5) is 0 Å². The fourth-order valence-electron chi connectivity index (χ4n) is 4.98. The molecule has 1 aliphatic rings. The summed E-state index contributed by atoms with van der Waals surface area (Å²) in [5.41, 5.74) is 3.91. The number of nitrogens with zero attached hydrogens (tertiary/aromatic N) is 4. The molecule has 0 atom stereocenters. The minimum atomic E-state index is -0.289. The van der Waals surface area contributed by atoms with Crippen molar-refractivity contribution in [2.24, 2.45) is 0 Å². The summed E-state index contributed by atoms with van der Waals surface area (Å²) in [6.07, 6.45) is 2.55. The second kappa shape index (κ2) is 9.92. The molecule has 1 amide bonds. The number of carbonyl (C=O) groups is 1. The highest BCUT2D eigenvalue weighted by Gasteiger charge is 2.18. The maximum Gasteiger partial charge on any atom is 0.291 e. The number of ether oxygens (including phenoxy) is 1. The molecule has 0 bridgehead atoms. The molecular formula is C27H31N5O3. The summed E-state index contributed by atoms with van der Waals surface area (Å²) in [4.78, 5) is 28.3. The summed E-state index contributed by atoms with van der Waals surface area (Å²) in [5, 5.41) is 8.33. The van der Waals surface area contributed by atoms with Gasteiger partial charge in [-0.2, -0.15) is 5.10 Å². The van der Waals surface area contributed by atoms with E-state index in [1.54, 1.807) is 7.11 Å². The van der Waals surface area contributed by atoms with Crippen molar-refractivity contribution >= 4 is 22.3 Å². The van der Waals surface area contributed by atoms with E-state index >= 15 is 0 Å². The van der Waals surface area contributed by atoms with Crippen molar-refractivity contribution in [3.63, 3.8) is 0 Å². The monoisotopic (exact) mass is 473 g/mol. The molecule has 0 fully saturated rings. The summed E-state index contributed by atoms with van der Waals surface area (Å²) in [6, 6.07) is 16.1. The smallest absolute Gasteiger partial charge is 0.291 e. The normalized spacial score (nSPS) is 13.8. The van der Waals surface area contributed by atoms with E-state index in [0.29, 0.717) is 24.2 Å². The fraction of sp³-hybridized carbons (Fsp3) is 0.370. The molecule has 2 aromatic carbocycles. The summed E-state index contributed by atoms with van der Waals surface area (Å²) < 4.78 is 8.61. The first kappa shape index (κ1) is 23.1. The third-order valence-corrected chi connectivity index (χ3v) is 6.77. The summed E-state index contributed by atoms with van der Waals surface area (Å²) in [6.45, 7) is 5.39. The Hall–Kier alpha value is -3.65. The SMILES string of the molecule is CCc1nn(CC(=O)NCCCN2CCc3ccccc3C2)c(=O)c2cc3c(OC)cccc3n12. The minimum absolute atomic E-state index is 0.0991. The van der Waals surface area contributed by atoms with E-state index in [4.69, 9.17) is 4.74 Å². The third kappa shape index (κ3) is 4.53. The average molecular weight is 474 g/mol. The zero-order valence-corrected chi connectivity index (χ0v) is 20.3. The molecule has 0 radical (unpaired) electrons. The van der Waals surface area contributed by atoms with Gasteiger partial charge in [-0.3, -0.25) is 18.9 Å². The van der Waals surface area contributed by atoms with E-state index in [1.807, 2.05) is 35.6 Å². The van der Waals surface area contributed by atoms with Crippen LogP contribution in [0.5, 0.6) is 5.75 Å². The Balaban J connectivity index is 1.24. The van der Waals surface area contributed by atoms with Crippen LogP contribution in [-0.2, 0) is 30.7 Å². The van der Waals surface area contributed by atoms with Crippen LogP contribution in [0.25, 0.3) is 16.4 Å². The Morgan fingerprint density at radius 1 is 1.11 bits per heavy atom. The molecule has 5 rings (SSSR count). The van der Waals surface area contributed by atoms with E-state index in [0.717, 1.165) is 49.2 Å². The number of rotatable bonds is 8. The highest BCUT2D eigenvalue weighted by atomic mass is 16.5. The van der Waals surface area contributed by atoms with Gasteiger partial charge in [0.1, 0.15) is 23.6 Å². The predicted molar refractivity (Wildman–Crippen MR) is 136 cm³/mol. The second-order valence-corrected chi connectivity index (χ2v) is 8.99. The molecular weight excluding hydrogens is 442 g/mol. The number of hydrogen-bond acceptors (Lipinski definition) is 5. The minimum Gasteiger partial charge on any atom is -0.496 e. The zero-order valence-electron chi connectivity index (χ0n) is 20.3. The van der Waals surface area contributed by atoms with Crippen LogP contribution < -0.4 is 15.6 Å². The van der Waals surface area contributed by atoms with Crippen LogP contribution >= 0.6 is 0 Å². The molecule has 0 unspecified atom stereocenters. The molecule has 0 saturated heterocycles. The van der Waals surface area contributed by atoms with Gasteiger partial charge in [0.2, 0.25) is 5.91 Å². The number of amides is 1. The molecule has 1 aliphatic heterocycles. The van der Waals surface area contributed by atoms with Gasteiger partial charge in [0.25, 0.3) is 5.56 Å². The van der Waals surface area contributed by atoms with Gasteiger partial charge in [-0.1, -0.05) is 37.3 Å². The van der Waals surface area contributed by atoms with Crippen LogP contribution in [0, 0.1) is 0 Å². The van der Waals surface area contributed by atoms with Crippen molar-refractivity contribution < 1.29 is 9.53 Å². The van der Waals surface area contributed by atoms with Crippen molar-refractivity contribution in [1.29, 1.82) is 0 Å². The van der Waals surface area contributed by atoms with Crippen LogP contribution in [-0.4, -0.2) is 51.7 Å². The van der Waals surface area contributed by atoms with E-state index in [1.165, 1.54) is 15.8 Å². The average Bonchev–Trinajstić information content (AvgIpc) is 3.28. The lowest BCUT2D eigenvalue weighted by atomic mass is 10.00. The zero-order chi connectivity index (χ0) is 24.4. The maximum atomic E-state index is 13.2. The highest BCUT2D eigenvalue weighted by Crippen LogP contribution is 2.28. The standard InChI is InChI=1S/C27H31N5O3/c1-3-25-29-31(27(34)23-16-21-22(32(23)25)10-6-11-24(21)35-2)18-26(33)28-13-7-14-30-15-12-19-8-4-5-9-20(19)17-30/h4-6,8-11,16H,3,7,12-15,17-18H2,1-2H3,(H,28,33). The Labute approximate surface area is 204 Å². The van der Waals surface area contributed by atoms with Crippen LogP contribution in [0.2, 0.25) is 0 Å². The molecule has 8 nitrogen and oxygen atoms in total. The number of benzene rings is 2. The predicted octanol–water partition coefficient (Wildman–Crippen LogP) is 2.78. The first-order chi connectivity index (χ1) is 17.1. The van der Waals surface area contributed by atoms with Gasteiger partial charge in [0.05, 0.1) is 12.6 Å². The summed E-state index contributed by atoms with van der Waals surface area (Å²) in [5.74, 6) is 1.22. The Morgan fingerprint density at radius 2 is 1.94 bits per heavy atom. The van der Waals surface area contributed by atoms with Crippen LogP contribution in [0.1, 0.15) is 30.3 Å². The fourth-order valence-corrected chi connectivity index (χ4v) is 4.98. The Kier molecular flexibility index (Phi) is 6.55. The molecule has 0 saturated carbocycles. The van der Waals surface area contributed by atoms with Gasteiger partial charge in [0.15, 0.2) is 0 Å². The Morgan fingerprint density at radius 3 is 2.74 bits per heavy atom. The van der Waals surface area contributed by atoms with Gasteiger partial charge >= 0.3 is 0 Å². The van der Waals surface area contributed by atoms with E-state index in [2.05, 4.69) is 39.6 Å². The van der Waals surface area contributed by atoms with Gasteiger partial charge in [-0.05, 0) is 42.2 Å². The highest BCUT2D eigenvalue weighted by molar-refractivity contribution is 5.92. The molecule has 0 spiro atoms.